The third kappa shape index (κ3) is 2.17. The molecule has 4 aromatic rings. The Morgan fingerprint density at radius 1 is 1.17 bits per heavy atom. The number of ketones is 1. The molecule has 6 heteroatoms. The van der Waals surface area contributed by atoms with Gasteiger partial charge in [0.25, 0.3) is 0 Å². The summed E-state index contributed by atoms with van der Waals surface area (Å²) in [6.07, 6.45) is 1.68. The number of aromatic amines is 2. The fourth-order valence-corrected chi connectivity index (χ4v) is 2.94. The highest BCUT2D eigenvalue weighted by Gasteiger charge is 2.19. The molecule has 0 aliphatic rings. The minimum Gasteiger partial charge on any atom is -0.497 e. The third-order valence-corrected chi connectivity index (χ3v) is 4.26. The van der Waals surface area contributed by atoms with Crippen molar-refractivity contribution in [3.05, 3.63) is 58.9 Å². The number of methoxy groups -OCH3 is 1. The van der Waals surface area contributed by atoms with Crippen LogP contribution in [0.3, 0.4) is 0 Å². The van der Waals surface area contributed by atoms with E-state index in [-0.39, 0.29) is 5.78 Å². The number of aromatic nitrogens is 3. The Hall–Kier alpha value is -2.79. The molecule has 0 spiro atoms. The summed E-state index contributed by atoms with van der Waals surface area (Å²) >= 11 is 6.40. The first-order valence-electron chi connectivity index (χ1n) is 7.00. The molecule has 2 aromatic carbocycles. The Bertz CT molecular complexity index is 1050. The number of rotatable bonds is 3. The number of fused-ring (bicyclic) bond motifs is 2. The standard InChI is InChI=1S/C17H12ClN3O2/c1-23-11-3-5-14-12(7-11)15(18)16(20-14)17(22)9-2-4-13-10(6-9)8-19-21-13/h2-8,20H,1H3,(H,19,21). The highest BCUT2D eigenvalue weighted by atomic mass is 35.5. The van der Waals surface area contributed by atoms with E-state index in [0.29, 0.717) is 22.0 Å². The molecule has 2 aromatic heterocycles. The van der Waals surface area contributed by atoms with Gasteiger partial charge in [0.15, 0.2) is 0 Å². The van der Waals surface area contributed by atoms with Gasteiger partial charge in [-0.1, -0.05) is 11.6 Å². The molecule has 5 nitrogen and oxygen atoms in total. The van der Waals surface area contributed by atoms with Crippen LogP contribution in [0.4, 0.5) is 0 Å². The van der Waals surface area contributed by atoms with E-state index in [1.807, 2.05) is 24.3 Å². The summed E-state index contributed by atoms with van der Waals surface area (Å²) < 4.78 is 5.20. The Labute approximate surface area is 136 Å². The maximum atomic E-state index is 12.8. The maximum absolute atomic E-state index is 12.8. The summed E-state index contributed by atoms with van der Waals surface area (Å²) in [4.78, 5) is 15.9. The molecule has 2 N–H and O–H groups in total. The average Bonchev–Trinajstić information content (AvgIpc) is 3.18. The highest BCUT2D eigenvalue weighted by Crippen LogP contribution is 2.32. The van der Waals surface area contributed by atoms with E-state index in [0.717, 1.165) is 21.8 Å². The van der Waals surface area contributed by atoms with Crippen molar-refractivity contribution in [2.75, 3.05) is 7.11 Å². The summed E-state index contributed by atoms with van der Waals surface area (Å²) in [5, 5.41) is 8.87. The Kier molecular flexibility index (Phi) is 3.09. The summed E-state index contributed by atoms with van der Waals surface area (Å²) in [5.74, 6) is 0.533. The second-order valence-electron chi connectivity index (χ2n) is 5.23. The summed E-state index contributed by atoms with van der Waals surface area (Å²) in [6, 6.07) is 10.9. The number of nitrogens with zero attached hydrogens (tertiary/aromatic N) is 1. The number of nitrogens with one attached hydrogen (secondary N) is 2. The van der Waals surface area contributed by atoms with Gasteiger partial charge in [0.05, 0.1) is 23.8 Å². The number of benzene rings is 2. The number of ether oxygens (including phenoxy) is 1. The molecule has 114 valence electrons. The zero-order chi connectivity index (χ0) is 16.0. The van der Waals surface area contributed by atoms with E-state index in [1.165, 1.54) is 0 Å². The van der Waals surface area contributed by atoms with Crippen molar-refractivity contribution in [2.45, 2.75) is 0 Å². The summed E-state index contributed by atoms with van der Waals surface area (Å²) in [7, 11) is 1.59. The van der Waals surface area contributed by atoms with Crippen LogP contribution < -0.4 is 4.74 Å². The maximum Gasteiger partial charge on any atom is 0.210 e. The van der Waals surface area contributed by atoms with Crippen LogP contribution in [0.2, 0.25) is 5.02 Å². The Morgan fingerprint density at radius 2 is 2.00 bits per heavy atom. The topological polar surface area (TPSA) is 70.8 Å². The van der Waals surface area contributed by atoms with Crippen LogP contribution in [0.15, 0.2) is 42.6 Å². The first-order valence-corrected chi connectivity index (χ1v) is 7.38. The van der Waals surface area contributed by atoms with Gasteiger partial charge in [-0.05, 0) is 36.4 Å². The van der Waals surface area contributed by atoms with Crippen molar-refractivity contribution in [3.63, 3.8) is 0 Å². The predicted molar refractivity (Wildman–Crippen MR) is 89.4 cm³/mol. The zero-order valence-corrected chi connectivity index (χ0v) is 12.9. The molecule has 0 unspecified atom stereocenters. The first-order chi connectivity index (χ1) is 11.2. The lowest BCUT2D eigenvalue weighted by molar-refractivity contribution is 0.103. The number of hydrogen-bond donors (Lipinski definition) is 2. The molecular formula is C17H12ClN3O2. The predicted octanol–water partition coefficient (Wildman–Crippen LogP) is 3.94. The summed E-state index contributed by atoms with van der Waals surface area (Å²) in [5.41, 5.74) is 2.61. The number of carbonyl (C=O) groups is 1. The van der Waals surface area contributed by atoms with Gasteiger partial charge < -0.3 is 9.72 Å². The molecule has 0 amide bonds. The molecule has 0 saturated carbocycles. The van der Waals surface area contributed by atoms with Crippen LogP contribution in [-0.4, -0.2) is 28.1 Å². The molecule has 23 heavy (non-hydrogen) atoms. The van der Waals surface area contributed by atoms with Crippen molar-refractivity contribution in [2.24, 2.45) is 0 Å². The molecule has 0 aliphatic heterocycles. The lowest BCUT2D eigenvalue weighted by Crippen LogP contribution is -2.02. The van der Waals surface area contributed by atoms with Crippen molar-refractivity contribution >= 4 is 39.2 Å². The van der Waals surface area contributed by atoms with Gasteiger partial charge in [-0.2, -0.15) is 5.10 Å². The minimum atomic E-state index is -0.159. The first kappa shape index (κ1) is 13.8. The van der Waals surface area contributed by atoms with Gasteiger partial charge in [0, 0.05) is 21.9 Å². The normalized spacial score (nSPS) is 11.2. The van der Waals surface area contributed by atoms with Crippen molar-refractivity contribution in [1.82, 2.24) is 15.2 Å². The molecule has 0 aliphatic carbocycles. The van der Waals surface area contributed by atoms with E-state index in [1.54, 1.807) is 25.4 Å². The quantitative estimate of drug-likeness (QED) is 0.560. The van der Waals surface area contributed by atoms with Crippen LogP contribution in [-0.2, 0) is 0 Å². The van der Waals surface area contributed by atoms with Gasteiger partial charge in [-0.3, -0.25) is 9.89 Å². The second-order valence-corrected chi connectivity index (χ2v) is 5.60. The van der Waals surface area contributed by atoms with Gasteiger partial charge in [0.2, 0.25) is 5.78 Å². The fourth-order valence-electron chi connectivity index (χ4n) is 2.65. The van der Waals surface area contributed by atoms with Crippen molar-refractivity contribution in [3.8, 4) is 5.75 Å². The second kappa shape index (κ2) is 5.14. The van der Waals surface area contributed by atoms with Gasteiger partial charge in [0.1, 0.15) is 11.4 Å². The average molecular weight is 326 g/mol. The van der Waals surface area contributed by atoms with Gasteiger partial charge >= 0.3 is 0 Å². The molecule has 0 atom stereocenters. The van der Waals surface area contributed by atoms with E-state index >= 15 is 0 Å². The SMILES string of the molecule is COc1ccc2[nH]c(C(=O)c3ccc4[nH]ncc4c3)c(Cl)c2c1. The largest absolute Gasteiger partial charge is 0.497 e. The summed E-state index contributed by atoms with van der Waals surface area (Å²) in [6.45, 7) is 0. The molecule has 0 fully saturated rings. The molecule has 2 heterocycles. The number of halogens is 1. The van der Waals surface area contributed by atoms with Crippen LogP contribution in [0.1, 0.15) is 16.1 Å². The van der Waals surface area contributed by atoms with Crippen LogP contribution in [0.5, 0.6) is 5.75 Å². The zero-order valence-electron chi connectivity index (χ0n) is 12.2. The minimum absolute atomic E-state index is 0.159. The molecule has 0 radical (unpaired) electrons. The fraction of sp³-hybridized carbons (Fsp3) is 0.0588. The van der Waals surface area contributed by atoms with Gasteiger partial charge in [-0.15, -0.1) is 0 Å². The molecule has 0 bridgehead atoms. The third-order valence-electron chi connectivity index (χ3n) is 3.87. The van der Waals surface area contributed by atoms with E-state index in [2.05, 4.69) is 15.2 Å². The molecule has 0 saturated heterocycles. The van der Waals surface area contributed by atoms with Crippen LogP contribution >= 0.6 is 11.6 Å². The van der Waals surface area contributed by atoms with Crippen LogP contribution in [0.25, 0.3) is 21.8 Å². The lowest BCUT2D eigenvalue weighted by Gasteiger charge is -2.00. The molecule has 4 rings (SSSR count). The van der Waals surface area contributed by atoms with E-state index in [4.69, 9.17) is 16.3 Å². The highest BCUT2D eigenvalue weighted by molar-refractivity contribution is 6.39. The van der Waals surface area contributed by atoms with Crippen LogP contribution in [0, 0.1) is 0 Å². The Balaban J connectivity index is 1.83. The number of carbonyl (C=O) groups excluding carboxylic acids is 1. The number of hydrogen-bond acceptors (Lipinski definition) is 3. The smallest absolute Gasteiger partial charge is 0.210 e. The Morgan fingerprint density at radius 3 is 2.83 bits per heavy atom. The molecular weight excluding hydrogens is 314 g/mol. The number of H-pyrrole nitrogens is 2. The monoisotopic (exact) mass is 325 g/mol. The van der Waals surface area contributed by atoms with Gasteiger partial charge in [-0.25, -0.2) is 0 Å². The lowest BCUT2D eigenvalue weighted by atomic mass is 10.1. The van der Waals surface area contributed by atoms with E-state index in [9.17, 15) is 4.79 Å². The van der Waals surface area contributed by atoms with E-state index < -0.39 is 0 Å². The van der Waals surface area contributed by atoms with Crippen molar-refractivity contribution < 1.29 is 9.53 Å². The van der Waals surface area contributed by atoms with Crippen molar-refractivity contribution in [1.29, 1.82) is 0 Å².